The Kier molecular flexibility index (Phi) is 6.94. The fraction of sp³-hybridized carbons (Fsp3) is 0.333. The van der Waals surface area contributed by atoms with Crippen molar-refractivity contribution in [3.05, 3.63) is 65.7 Å². The molecule has 1 aliphatic rings. The maximum atomic E-state index is 14.5. The van der Waals surface area contributed by atoms with Gasteiger partial charge in [0.2, 0.25) is 0 Å². The molecule has 2 heterocycles. The average molecular weight is 393 g/mol. The second kappa shape index (κ2) is 9.61. The molecule has 2 aromatic carbocycles. The van der Waals surface area contributed by atoms with E-state index in [1.54, 1.807) is 6.07 Å². The fourth-order valence-electron chi connectivity index (χ4n) is 3.47. The molecule has 29 heavy (non-hydrogen) atoms. The van der Waals surface area contributed by atoms with Crippen LogP contribution < -0.4 is 5.73 Å². The molecule has 0 spiro atoms. The molecule has 0 amide bonds. The van der Waals surface area contributed by atoms with Gasteiger partial charge in [-0.2, -0.15) is 0 Å². The smallest absolute Gasteiger partial charge is 0.141 e. The molecule has 4 rings (SSSR count). The highest BCUT2D eigenvalue weighted by Crippen LogP contribution is 2.29. The monoisotopic (exact) mass is 392 g/mol. The van der Waals surface area contributed by atoms with Gasteiger partial charge in [0, 0.05) is 5.56 Å². The van der Waals surface area contributed by atoms with Gasteiger partial charge in [0.1, 0.15) is 11.6 Å². The van der Waals surface area contributed by atoms with E-state index in [1.807, 2.05) is 32.0 Å². The standard InChI is InChI=1S/C18H16FN3.C6H13N/c1-11-3-4-12(2)15(7-11)13-5-6-14(16(19)8-13)17-9-22-18(20)10-21-17;1-7-5-3-2-4-6-7/h3-10H,1-2H3,(H2,20,22);2-6H2,1H3. The van der Waals surface area contributed by atoms with E-state index in [0.29, 0.717) is 17.1 Å². The summed E-state index contributed by atoms with van der Waals surface area (Å²) in [6.45, 7) is 6.68. The number of piperidine rings is 1. The number of rotatable bonds is 2. The summed E-state index contributed by atoms with van der Waals surface area (Å²) in [4.78, 5) is 10.5. The molecule has 0 aliphatic carbocycles. The number of hydrogen-bond donors (Lipinski definition) is 1. The van der Waals surface area contributed by atoms with Gasteiger partial charge < -0.3 is 10.6 Å². The average Bonchev–Trinajstić information content (AvgIpc) is 2.72. The summed E-state index contributed by atoms with van der Waals surface area (Å²) in [7, 11) is 2.19. The molecule has 0 atom stereocenters. The van der Waals surface area contributed by atoms with Crippen LogP contribution in [0.3, 0.4) is 0 Å². The first-order chi connectivity index (χ1) is 13.9. The Bertz CT molecular complexity index is 948. The van der Waals surface area contributed by atoms with Gasteiger partial charge in [0.25, 0.3) is 0 Å². The number of likely N-dealkylation sites (tertiary alicyclic amines) is 1. The Morgan fingerprint density at radius 3 is 2.24 bits per heavy atom. The van der Waals surface area contributed by atoms with Crippen LogP contribution in [0.25, 0.3) is 22.4 Å². The van der Waals surface area contributed by atoms with Gasteiger partial charge in [0.15, 0.2) is 0 Å². The third-order valence-corrected chi connectivity index (χ3v) is 5.20. The molecule has 1 aliphatic heterocycles. The topological polar surface area (TPSA) is 55.0 Å². The van der Waals surface area contributed by atoms with E-state index in [-0.39, 0.29) is 5.82 Å². The van der Waals surface area contributed by atoms with Crippen LogP contribution >= 0.6 is 0 Å². The number of nitrogens with zero attached hydrogens (tertiary/aromatic N) is 3. The van der Waals surface area contributed by atoms with Crippen molar-refractivity contribution in [3.63, 3.8) is 0 Å². The highest BCUT2D eigenvalue weighted by molar-refractivity contribution is 5.72. The molecule has 2 N–H and O–H groups in total. The summed E-state index contributed by atoms with van der Waals surface area (Å²) in [5.41, 5.74) is 10.5. The Morgan fingerprint density at radius 1 is 0.897 bits per heavy atom. The normalized spacial score (nSPS) is 14.2. The van der Waals surface area contributed by atoms with Crippen molar-refractivity contribution in [2.75, 3.05) is 25.9 Å². The van der Waals surface area contributed by atoms with Gasteiger partial charge in [-0.1, -0.05) is 36.2 Å². The van der Waals surface area contributed by atoms with Gasteiger partial charge in [-0.3, -0.25) is 4.98 Å². The van der Waals surface area contributed by atoms with Gasteiger partial charge in [-0.05, 0) is 75.6 Å². The van der Waals surface area contributed by atoms with E-state index in [2.05, 4.69) is 28.0 Å². The van der Waals surface area contributed by atoms with E-state index in [9.17, 15) is 4.39 Å². The predicted octanol–water partition coefficient (Wildman–Crippen LogP) is 5.25. The van der Waals surface area contributed by atoms with E-state index in [4.69, 9.17) is 5.73 Å². The molecule has 0 unspecified atom stereocenters. The summed E-state index contributed by atoms with van der Waals surface area (Å²) in [6, 6.07) is 11.3. The van der Waals surface area contributed by atoms with E-state index in [0.717, 1.165) is 22.3 Å². The molecule has 1 saturated heterocycles. The Hall–Kier alpha value is -2.79. The lowest BCUT2D eigenvalue weighted by atomic mass is 9.97. The first kappa shape index (κ1) is 20.9. The second-order valence-electron chi connectivity index (χ2n) is 7.70. The fourth-order valence-corrected chi connectivity index (χ4v) is 3.47. The summed E-state index contributed by atoms with van der Waals surface area (Å²) in [5.74, 6) is -0.00589. The highest BCUT2D eigenvalue weighted by atomic mass is 19.1. The number of aromatic nitrogens is 2. The predicted molar refractivity (Wildman–Crippen MR) is 118 cm³/mol. The largest absolute Gasteiger partial charge is 0.382 e. The number of nitrogen functional groups attached to an aromatic ring is 1. The van der Waals surface area contributed by atoms with Crippen molar-refractivity contribution in [2.24, 2.45) is 0 Å². The molecule has 0 saturated carbocycles. The summed E-state index contributed by atoms with van der Waals surface area (Å²) < 4.78 is 14.5. The second-order valence-corrected chi connectivity index (χ2v) is 7.70. The lowest BCUT2D eigenvalue weighted by Crippen LogP contribution is -2.24. The first-order valence-corrected chi connectivity index (χ1v) is 10.1. The molecule has 1 fully saturated rings. The van der Waals surface area contributed by atoms with E-state index >= 15 is 0 Å². The van der Waals surface area contributed by atoms with Crippen molar-refractivity contribution in [3.8, 4) is 22.4 Å². The number of halogens is 1. The van der Waals surface area contributed by atoms with Crippen LogP contribution in [0.1, 0.15) is 30.4 Å². The Morgan fingerprint density at radius 2 is 1.66 bits per heavy atom. The van der Waals surface area contributed by atoms with Crippen molar-refractivity contribution >= 4 is 5.82 Å². The van der Waals surface area contributed by atoms with Gasteiger partial charge in [-0.15, -0.1) is 0 Å². The zero-order valence-electron chi connectivity index (χ0n) is 17.5. The lowest BCUT2D eigenvalue weighted by molar-refractivity contribution is 0.277. The van der Waals surface area contributed by atoms with Crippen LogP contribution in [-0.2, 0) is 0 Å². The third kappa shape index (κ3) is 5.61. The summed E-state index contributed by atoms with van der Waals surface area (Å²) >= 11 is 0. The minimum atomic E-state index is -0.322. The molecular weight excluding hydrogens is 363 g/mol. The summed E-state index contributed by atoms with van der Waals surface area (Å²) in [5, 5.41) is 0. The van der Waals surface area contributed by atoms with Crippen molar-refractivity contribution < 1.29 is 4.39 Å². The lowest BCUT2D eigenvalue weighted by Gasteiger charge is -2.20. The quantitative estimate of drug-likeness (QED) is 0.647. The van der Waals surface area contributed by atoms with Crippen LogP contribution in [0.15, 0.2) is 48.8 Å². The Labute approximate surface area is 172 Å². The Balaban J connectivity index is 0.000000290. The van der Waals surface area contributed by atoms with Gasteiger partial charge >= 0.3 is 0 Å². The molecule has 0 radical (unpaired) electrons. The molecule has 1 aromatic heterocycles. The number of benzene rings is 2. The maximum absolute atomic E-state index is 14.5. The van der Waals surface area contributed by atoms with Crippen LogP contribution in [-0.4, -0.2) is 35.0 Å². The number of nitrogens with two attached hydrogens (primary N) is 1. The minimum absolute atomic E-state index is 0.316. The molecular formula is C24H29FN4. The summed E-state index contributed by atoms with van der Waals surface area (Å²) in [6.07, 6.45) is 7.18. The number of anilines is 1. The van der Waals surface area contributed by atoms with Crippen molar-refractivity contribution in [1.82, 2.24) is 14.9 Å². The number of hydrogen-bond acceptors (Lipinski definition) is 4. The van der Waals surface area contributed by atoms with Gasteiger partial charge in [-0.25, -0.2) is 9.37 Å². The van der Waals surface area contributed by atoms with Crippen LogP contribution in [0.5, 0.6) is 0 Å². The molecule has 5 heteroatoms. The zero-order chi connectivity index (χ0) is 20.8. The van der Waals surface area contributed by atoms with Crippen molar-refractivity contribution in [2.45, 2.75) is 33.1 Å². The molecule has 4 nitrogen and oxygen atoms in total. The zero-order valence-corrected chi connectivity index (χ0v) is 17.5. The highest BCUT2D eigenvalue weighted by Gasteiger charge is 2.10. The van der Waals surface area contributed by atoms with Crippen molar-refractivity contribution in [1.29, 1.82) is 0 Å². The van der Waals surface area contributed by atoms with Crippen LogP contribution in [0, 0.1) is 19.7 Å². The number of aryl methyl sites for hydroxylation is 2. The van der Waals surface area contributed by atoms with E-state index in [1.165, 1.54) is 50.8 Å². The third-order valence-electron chi connectivity index (χ3n) is 5.20. The molecule has 152 valence electrons. The molecule has 0 bridgehead atoms. The van der Waals surface area contributed by atoms with Gasteiger partial charge in [0.05, 0.1) is 18.1 Å². The maximum Gasteiger partial charge on any atom is 0.141 e. The minimum Gasteiger partial charge on any atom is -0.382 e. The van der Waals surface area contributed by atoms with E-state index < -0.39 is 0 Å². The first-order valence-electron chi connectivity index (χ1n) is 10.1. The SMILES string of the molecule is CN1CCCCC1.Cc1ccc(C)c(-c2ccc(-c3cnc(N)cn3)c(F)c2)c1. The van der Waals surface area contributed by atoms with Crippen LogP contribution in [0.2, 0.25) is 0 Å². The van der Waals surface area contributed by atoms with Crippen LogP contribution in [0.4, 0.5) is 10.2 Å². The molecule has 3 aromatic rings.